The van der Waals surface area contributed by atoms with Crippen LogP contribution in [-0.4, -0.2) is 29.4 Å². The van der Waals surface area contributed by atoms with Gasteiger partial charge in [-0.3, -0.25) is 9.59 Å². The number of carbonyl (C=O) groups is 3. The monoisotopic (exact) mass is 389 g/mol. The van der Waals surface area contributed by atoms with Crippen LogP contribution in [-0.2, 0) is 9.59 Å². The molecule has 0 radical (unpaired) electrons. The molecule has 2 N–H and O–H groups in total. The Morgan fingerprint density at radius 3 is 2.48 bits per heavy atom. The minimum Gasteiger partial charge on any atom is -0.480 e. The van der Waals surface area contributed by atoms with E-state index in [1.165, 1.54) is 12.1 Å². The summed E-state index contributed by atoms with van der Waals surface area (Å²) < 4.78 is 5.02. The Kier molecular flexibility index (Phi) is 6.96. The number of aryl methyl sites for hydroxylation is 2. The standard InChI is InChI=1S/C20H20ClNO5/c1-12-3-4-13(2)15(9-12)17(23)6-8-19(24)22-14-5-7-18(16(21)10-14)27-11-20(25)26/h3-5,7,9-10H,6,8,11H2,1-2H3,(H,22,24)(H,25,26). The molecule has 2 aromatic carbocycles. The molecule has 0 bridgehead atoms. The molecule has 7 heteroatoms. The minimum absolute atomic E-state index is 0.0428. The van der Waals surface area contributed by atoms with Gasteiger partial charge in [0.05, 0.1) is 5.02 Å². The number of halogens is 1. The number of carbonyl (C=O) groups excluding carboxylic acids is 2. The number of amides is 1. The van der Waals surface area contributed by atoms with Crippen molar-refractivity contribution in [2.24, 2.45) is 0 Å². The van der Waals surface area contributed by atoms with Crippen LogP contribution >= 0.6 is 11.6 Å². The van der Waals surface area contributed by atoms with Crippen LogP contribution in [0, 0.1) is 13.8 Å². The Morgan fingerprint density at radius 2 is 1.81 bits per heavy atom. The Morgan fingerprint density at radius 1 is 1.07 bits per heavy atom. The van der Waals surface area contributed by atoms with Crippen LogP contribution < -0.4 is 10.1 Å². The van der Waals surface area contributed by atoms with Gasteiger partial charge in [0.1, 0.15) is 5.75 Å². The fourth-order valence-corrected chi connectivity index (χ4v) is 2.69. The number of carboxylic acids is 1. The summed E-state index contributed by atoms with van der Waals surface area (Å²) in [7, 11) is 0. The lowest BCUT2D eigenvalue weighted by Crippen LogP contribution is -2.14. The highest BCUT2D eigenvalue weighted by Crippen LogP contribution is 2.27. The summed E-state index contributed by atoms with van der Waals surface area (Å²) in [6, 6.07) is 10.1. The minimum atomic E-state index is -1.11. The summed E-state index contributed by atoms with van der Waals surface area (Å²) in [6.45, 7) is 3.27. The third-order valence-corrected chi connectivity index (χ3v) is 4.13. The van der Waals surface area contributed by atoms with Gasteiger partial charge >= 0.3 is 5.97 Å². The number of aliphatic carboxylic acids is 1. The predicted molar refractivity (Wildman–Crippen MR) is 103 cm³/mol. The molecule has 0 unspecified atom stereocenters. The molecule has 0 spiro atoms. The van der Waals surface area contributed by atoms with Crippen molar-refractivity contribution in [3.8, 4) is 5.75 Å². The Bertz CT molecular complexity index is 879. The highest BCUT2D eigenvalue weighted by Gasteiger charge is 2.13. The number of ketones is 1. The second-order valence-corrected chi connectivity index (χ2v) is 6.52. The SMILES string of the molecule is Cc1ccc(C)c(C(=O)CCC(=O)Nc2ccc(OCC(=O)O)c(Cl)c2)c1. The zero-order chi connectivity index (χ0) is 20.0. The number of anilines is 1. The first kappa shape index (κ1) is 20.5. The molecular weight excluding hydrogens is 370 g/mol. The zero-order valence-electron chi connectivity index (χ0n) is 15.0. The topological polar surface area (TPSA) is 92.7 Å². The highest BCUT2D eigenvalue weighted by molar-refractivity contribution is 6.32. The van der Waals surface area contributed by atoms with Crippen LogP contribution in [0.2, 0.25) is 5.02 Å². The normalized spacial score (nSPS) is 10.3. The Balaban J connectivity index is 1.92. The van der Waals surface area contributed by atoms with Crippen LogP contribution in [0.1, 0.15) is 34.3 Å². The van der Waals surface area contributed by atoms with E-state index < -0.39 is 12.6 Å². The maximum atomic E-state index is 12.3. The van der Waals surface area contributed by atoms with Gasteiger partial charge in [-0.2, -0.15) is 0 Å². The van der Waals surface area contributed by atoms with Gasteiger partial charge < -0.3 is 15.2 Å². The molecule has 0 aliphatic rings. The number of nitrogens with one attached hydrogen (secondary N) is 1. The number of hydrogen-bond donors (Lipinski definition) is 2. The molecule has 6 nitrogen and oxygen atoms in total. The van der Waals surface area contributed by atoms with E-state index in [0.29, 0.717) is 11.3 Å². The van der Waals surface area contributed by atoms with Gasteiger partial charge in [0.25, 0.3) is 0 Å². The van der Waals surface area contributed by atoms with Crippen molar-refractivity contribution in [1.82, 2.24) is 0 Å². The molecule has 0 aliphatic heterocycles. The number of hydrogen-bond acceptors (Lipinski definition) is 4. The van der Waals surface area contributed by atoms with Gasteiger partial charge in [-0.15, -0.1) is 0 Å². The lowest BCUT2D eigenvalue weighted by atomic mass is 9.99. The molecule has 0 saturated carbocycles. The fraction of sp³-hybridized carbons (Fsp3) is 0.250. The van der Waals surface area contributed by atoms with Crippen molar-refractivity contribution in [3.63, 3.8) is 0 Å². The van der Waals surface area contributed by atoms with Crippen LogP contribution in [0.25, 0.3) is 0 Å². The number of carboxylic acid groups (broad SMARTS) is 1. The molecule has 0 atom stereocenters. The highest BCUT2D eigenvalue weighted by atomic mass is 35.5. The van der Waals surface area contributed by atoms with Gasteiger partial charge in [0.15, 0.2) is 12.4 Å². The summed E-state index contributed by atoms with van der Waals surface area (Å²) in [5.41, 5.74) is 2.95. The number of rotatable bonds is 8. The molecule has 2 aromatic rings. The summed E-state index contributed by atoms with van der Waals surface area (Å²) in [5.74, 6) is -1.30. The molecule has 0 fully saturated rings. The molecule has 2 rings (SSSR count). The van der Waals surface area contributed by atoms with Crippen molar-refractivity contribution in [2.75, 3.05) is 11.9 Å². The van der Waals surface area contributed by atoms with E-state index in [1.54, 1.807) is 6.07 Å². The average molecular weight is 390 g/mol. The average Bonchev–Trinajstić information content (AvgIpc) is 2.61. The van der Waals surface area contributed by atoms with E-state index in [0.717, 1.165) is 11.1 Å². The molecule has 0 heterocycles. The second-order valence-electron chi connectivity index (χ2n) is 6.12. The summed E-state index contributed by atoms with van der Waals surface area (Å²) in [5, 5.41) is 11.4. The van der Waals surface area contributed by atoms with Crippen LogP contribution in [0.4, 0.5) is 5.69 Å². The van der Waals surface area contributed by atoms with Crippen molar-refractivity contribution in [1.29, 1.82) is 0 Å². The first-order chi connectivity index (χ1) is 12.8. The lowest BCUT2D eigenvalue weighted by Gasteiger charge is -2.10. The quantitative estimate of drug-likeness (QED) is 0.665. The van der Waals surface area contributed by atoms with Crippen molar-refractivity contribution >= 4 is 34.9 Å². The van der Waals surface area contributed by atoms with Crippen molar-refractivity contribution in [2.45, 2.75) is 26.7 Å². The number of Topliss-reactive ketones (excluding diaryl/α,β-unsaturated/α-hetero) is 1. The van der Waals surface area contributed by atoms with Crippen molar-refractivity contribution in [3.05, 3.63) is 58.1 Å². The third-order valence-electron chi connectivity index (χ3n) is 3.84. The van der Waals surface area contributed by atoms with E-state index in [4.69, 9.17) is 21.4 Å². The zero-order valence-corrected chi connectivity index (χ0v) is 15.8. The maximum absolute atomic E-state index is 12.3. The second kappa shape index (κ2) is 9.19. The van der Waals surface area contributed by atoms with Crippen LogP contribution in [0.5, 0.6) is 5.75 Å². The molecule has 1 amide bonds. The summed E-state index contributed by atoms with van der Waals surface area (Å²) in [4.78, 5) is 34.9. The molecule has 27 heavy (non-hydrogen) atoms. The van der Waals surface area contributed by atoms with E-state index in [-0.39, 0.29) is 35.3 Å². The van der Waals surface area contributed by atoms with Crippen LogP contribution in [0.3, 0.4) is 0 Å². The van der Waals surface area contributed by atoms with Gasteiger partial charge in [-0.1, -0.05) is 29.3 Å². The van der Waals surface area contributed by atoms with Gasteiger partial charge in [0, 0.05) is 24.1 Å². The van der Waals surface area contributed by atoms with Gasteiger partial charge in [-0.05, 0) is 43.7 Å². The molecular formula is C20H20ClNO5. The first-order valence-electron chi connectivity index (χ1n) is 8.30. The largest absolute Gasteiger partial charge is 0.480 e. The van der Waals surface area contributed by atoms with E-state index in [1.807, 2.05) is 32.0 Å². The third kappa shape index (κ3) is 6.11. The summed E-state index contributed by atoms with van der Waals surface area (Å²) in [6.07, 6.45) is 0.144. The Labute approximate surface area is 162 Å². The number of ether oxygens (including phenoxy) is 1. The van der Waals surface area contributed by atoms with Crippen molar-refractivity contribution < 1.29 is 24.2 Å². The smallest absolute Gasteiger partial charge is 0.341 e. The molecule has 0 aliphatic carbocycles. The summed E-state index contributed by atoms with van der Waals surface area (Å²) >= 11 is 6.01. The Hall–Kier alpha value is -2.86. The van der Waals surface area contributed by atoms with Gasteiger partial charge in [0.2, 0.25) is 5.91 Å². The van der Waals surface area contributed by atoms with Crippen LogP contribution in [0.15, 0.2) is 36.4 Å². The molecule has 0 saturated heterocycles. The first-order valence-corrected chi connectivity index (χ1v) is 8.68. The molecule has 0 aromatic heterocycles. The van der Waals surface area contributed by atoms with Gasteiger partial charge in [-0.25, -0.2) is 4.79 Å². The number of benzene rings is 2. The van der Waals surface area contributed by atoms with E-state index in [9.17, 15) is 14.4 Å². The maximum Gasteiger partial charge on any atom is 0.341 e. The van der Waals surface area contributed by atoms with E-state index >= 15 is 0 Å². The lowest BCUT2D eigenvalue weighted by molar-refractivity contribution is -0.139. The van der Waals surface area contributed by atoms with E-state index in [2.05, 4.69) is 5.32 Å². The fourth-order valence-electron chi connectivity index (χ4n) is 2.46. The predicted octanol–water partition coefficient (Wildman–Crippen LogP) is 4.02. The molecule has 142 valence electrons.